The highest BCUT2D eigenvalue weighted by Crippen LogP contribution is 2.63. The highest BCUT2D eigenvalue weighted by Gasteiger charge is 2.48. The molecule has 3 aliphatic rings. The predicted octanol–water partition coefficient (Wildman–Crippen LogP) is 4.87. The maximum absolute atomic E-state index is 13.3. The number of likely N-dealkylation sites (tertiary alicyclic amines) is 1. The molecule has 0 radical (unpaired) electrons. The van der Waals surface area contributed by atoms with Crippen molar-refractivity contribution < 1.29 is 28.6 Å². The third-order valence-electron chi connectivity index (χ3n) is 8.35. The maximum atomic E-state index is 13.3. The minimum atomic E-state index is -3.22. The minimum absolute atomic E-state index is 0.100. The van der Waals surface area contributed by atoms with Gasteiger partial charge in [0.25, 0.3) is 0 Å². The predicted molar refractivity (Wildman–Crippen MR) is 154 cm³/mol. The summed E-state index contributed by atoms with van der Waals surface area (Å²) in [4.78, 5) is 49.7. The zero-order chi connectivity index (χ0) is 28.5. The summed E-state index contributed by atoms with van der Waals surface area (Å²) >= 11 is 0. The minimum Gasteiger partial charge on any atom is -0.446 e. The second-order valence-electron chi connectivity index (χ2n) is 11.5. The fourth-order valence-corrected chi connectivity index (χ4v) is 8.25. The molecule has 1 aliphatic heterocycles. The molecule has 1 saturated heterocycles. The number of benzene rings is 1. The molecule has 220 valence electrons. The molecular formula is C30H44N3O6P. The van der Waals surface area contributed by atoms with E-state index in [1.807, 2.05) is 30.3 Å². The van der Waals surface area contributed by atoms with Crippen LogP contribution in [-0.4, -0.2) is 58.1 Å². The molecule has 4 N–H and O–H groups in total. The molecule has 0 aromatic heterocycles. The topological polar surface area (TPSA) is 139 Å². The lowest BCUT2D eigenvalue weighted by molar-refractivity contribution is -0.139. The van der Waals surface area contributed by atoms with E-state index in [1.54, 1.807) is 0 Å². The Balaban J connectivity index is 1.20. The van der Waals surface area contributed by atoms with E-state index in [4.69, 9.17) is 10.5 Å². The Morgan fingerprint density at radius 3 is 2.58 bits per heavy atom. The summed E-state index contributed by atoms with van der Waals surface area (Å²) < 4.78 is 18.3. The summed E-state index contributed by atoms with van der Waals surface area (Å²) in [5.41, 5.74) is 6.26. The number of primary amides is 1. The van der Waals surface area contributed by atoms with Gasteiger partial charge in [0.1, 0.15) is 18.2 Å². The molecule has 5 atom stereocenters. The van der Waals surface area contributed by atoms with Crippen LogP contribution >= 0.6 is 7.37 Å². The van der Waals surface area contributed by atoms with Crippen molar-refractivity contribution in [3.63, 3.8) is 0 Å². The number of unbranched alkanes of at least 4 members (excludes halogenated alkanes) is 3. The Hall–Kier alpha value is -2.64. The zero-order valence-corrected chi connectivity index (χ0v) is 24.2. The average molecular weight is 574 g/mol. The van der Waals surface area contributed by atoms with Crippen LogP contribution in [0.25, 0.3) is 0 Å². The van der Waals surface area contributed by atoms with Gasteiger partial charge in [-0.2, -0.15) is 0 Å². The number of hydrogen-bond donors (Lipinski definition) is 3. The van der Waals surface area contributed by atoms with E-state index in [2.05, 4.69) is 17.5 Å². The fraction of sp³-hybridized carbons (Fsp3) is 0.633. The number of nitrogens with zero attached hydrogens (tertiary/aromatic N) is 1. The zero-order valence-electron chi connectivity index (χ0n) is 23.3. The van der Waals surface area contributed by atoms with Crippen LogP contribution < -0.4 is 11.1 Å². The molecule has 3 fully saturated rings. The molecule has 2 aliphatic carbocycles. The monoisotopic (exact) mass is 573 g/mol. The number of rotatable bonds is 14. The first-order chi connectivity index (χ1) is 19.2. The molecule has 3 amide bonds. The van der Waals surface area contributed by atoms with Crippen LogP contribution in [0.1, 0.15) is 82.6 Å². The molecule has 0 spiro atoms. The average Bonchev–Trinajstić information content (AvgIpc) is 3.28. The van der Waals surface area contributed by atoms with Gasteiger partial charge in [0.15, 0.2) is 0 Å². The van der Waals surface area contributed by atoms with Crippen LogP contribution in [0.2, 0.25) is 0 Å². The van der Waals surface area contributed by atoms with Crippen LogP contribution in [0.4, 0.5) is 4.79 Å². The standard InChI is InChI=1S/C30H44N3O6P/c31-28(34)26-18-11-19-33(26)29(35)25(32-30(36)39-24-15-9-10-16-24)17-8-3-1-2-7-14-23-20-27(23)40(37,38)21-22-12-5-4-6-13-22/h4-7,12-14,23-27H,1-3,8-11,15-21H2,(H2,31,34)(H,32,36)(H,37,38)/b14-7-/t23-,25+,26+,27+/m1/s1. The van der Waals surface area contributed by atoms with Crippen LogP contribution in [-0.2, 0) is 25.1 Å². The van der Waals surface area contributed by atoms with Crippen molar-refractivity contribution in [1.82, 2.24) is 10.2 Å². The Kier molecular flexibility index (Phi) is 10.8. The van der Waals surface area contributed by atoms with Crippen molar-refractivity contribution in [2.24, 2.45) is 11.7 Å². The largest absolute Gasteiger partial charge is 0.446 e. The normalized spacial score (nSPS) is 25.0. The molecule has 4 rings (SSSR count). The summed E-state index contributed by atoms with van der Waals surface area (Å²) in [5, 5.41) is 2.77. The Bertz CT molecular complexity index is 1090. The van der Waals surface area contributed by atoms with Crippen molar-refractivity contribution in [3.8, 4) is 0 Å². The molecule has 0 bridgehead atoms. The van der Waals surface area contributed by atoms with Gasteiger partial charge in [0, 0.05) is 18.4 Å². The first-order valence-corrected chi connectivity index (χ1v) is 16.7. The van der Waals surface area contributed by atoms with E-state index >= 15 is 0 Å². The Morgan fingerprint density at radius 1 is 1.10 bits per heavy atom. The first-order valence-electron chi connectivity index (χ1n) is 14.8. The summed E-state index contributed by atoms with van der Waals surface area (Å²) in [6.07, 6.45) is 13.3. The summed E-state index contributed by atoms with van der Waals surface area (Å²) in [6.45, 7) is 0.460. The number of amides is 3. The van der Waals surface area contributed by atoms with Gasteiger partial charge in [-0.15, -0.1) is 0 Å². The van der Waals surface area contributed by atoms with Crippen molar-refractivity contribution in [2.45, 2.75) is 107 Å². The highest BCUT2D eigenvalue weighted by atomic mass is 31.2. The molecule has 10 heteroatoms. The van der Waals surface area contributed by atoms with Gasteiger partial charge >= 0.3 is 6.09 Å². The molecule has 9 nitrogen and oxygen atoms in total. The van der Waals surface area contributed by atoms with Gasteiger partial charge in [-0.05, 0) is 75.7 Å². The SMILES string of the molecule is NC(=O)[C@@H]1CCCN1C(=O)[C@H](CCCCC/C=C\[C@@H]1C[C@@H]1P(=O)(O)Cc1ccccc1)NC(=O)OC1CCCC1. The molecule has 1 heterocycles. The number of ether oxygens (including phenoxy) is 1. The van der Waals surface area contributed by atoms with Gasteiger partial charge in [-0.25, -0.2) is 4.79 Å². The number of hydrogen-bond acceptors (Lipinski definition) is 5. The van der Waals surface area contributed by atoms with Gasteiger partial charge in [0.05, 0.1) is 0 Å². The molecule has 1 aromatic carbocycles. The lowest BCUT2D eigenvalue weighted by atomic mass is 10.0. The lowest BCUT2D eigenvalue weighted by Crippen LogP contribution is -2.53. The third-order valence-corrected chi connectivity index (χ3v) is 10.8. The maximum Gasteiger partial charge on any atom is 0.408 e. The Morgan fingerprint density at radius 2 is 1.85 bits per heavy atom. The Labute approximate surface area is 237 Å². The molecular weight excluding hydrogens is 529 g/mol. The number of nitrogens with two attached hydrogens (primary N) is 1. The van der Waals surface area contributed by atoms with E-state index in [0.717, 1.165) is 63.4 Å². The van der Waals surface area contributed by atoms with E-state index in [-0.39, 0.29) is 29.7 Å². The van der Waals surface area contributed by atoms with Crippen molar-refractivity contribution in [3.05, 3.63) is 48.0 Å². The number of allylic oxidation sites excluding steroid dienone is 2. The van der Waals surface area contributed by atoms with Crippen molar-refractivity contribution >= 4 is 25.3 Å². The summed E-state index contributed by atoms with van der Waals surface area (Å²) in [6, 6.07) is 8.09. The number of carbonyl (C=O) groups is 3. The molecule has 2 saturated carbocycles. The van der Waals surface area contributed by atoms with Crippen LogP contribution in [0, 0.1) is 5.92 Å². The highest BCUT2D eigenvalue weighted by molar-refractivity contribution is 7.58. The quantitative estimate of drug-likeness (QED) is 0.165. The first kappa shape index (κ1) is 30.3. The van der Waals surface area contributed by atoms with Crippen molar-refractivity contribution in [1.29, 1.82) is 0 Å². The third kappa shape index (κ3) is 8.68. The van der Waals surface area contributed by atoms with E-state index in [0.29, 0.717) is 25.8 Å². The van der Waals surface area contributed by atoms with Gasteiger partial charge in [-0.3, -0.25) is 14.2 Å². The number of carbonyl (C=O) groups excluding carboxylic acids is 3. The molecule has 1 unspecified atom stereocenters. The number of alkyl carbamates (subject to hydrolysis) is 1. The van der Waals surface area contributed by atoms with Gasteiger partial charge < -0.3 is 25.6 Å². The summed E-state index contributed by atoms with van der Waals surface area (Å²) in [7, 11) is -3.22. The van der Waals surface area contributed by atoms with E-state index in [9.17, 15) is 23.8 Å². The van der Waals surface area contributed by atoms with E-state index < -0.39 is 31.5 Å². The van der Waals surface area contributed by atoms with Gasteiger partial charge in [0.2, 0.25) is 19.2 Å². The van der Waals surface area contributed by atoms with E-state index in [1.165, 1.54) is 4.90 Å². The van der Waals surface area contributed by atoms with Gasteiger partial charge in [-0.1, -0.05) is 55.3 Å². The second kappa shape index (κ2) is 14.3. The van der Waals surface area contributed by atoms with Crippen LogP contribution in [0.3, 0.4) is 0 Å². The van der Waals surface area contributed by atoms with Crippen molar-refractivity contribution in [2.75, 3.05) is 6.54 Å². The number of nitrogens with one attached hydrogen (secondary N) is 1. The van der Waals surface area contributed by atoms with Crippen LogP contribution in [0.15, 0.2) is 42.5 Å². The summed E-state index contributed by atoms with van der Waals surface area (Å²) in [5.74, 6) is -0.621. The smallest absolute Gasteiger partial charge is 0.408 e. The van der Waals surface area contributed by atoms with Crippen LogP contribution in [0.5, 0.6) is 0 Å². The molecule has 40 heavy (non-hydrogen) atoms. The second-order valence-corrected chi connectivity index (χ2v) is 14.0. The lowest BCUT2D eigenvalue weighted by Gasteiger charge is -2.28. The fourth-order valence-electron chi connectivity index (χ4n) is 6.01. The molecule has 1 aromatic rings.